The summed E-state index contributed by atoms with van der Waals surface area (Å²) in [6, 6.07) is 8.14. The van der Waals surface area contributed by atoms with Crippen LogP contribution in [0.4, 0.5) is 0 Å². The average molecular weight is 504 g/mol. The number of aliphatic imine (C=N–C) groups is 1. The molecular formula is C21H37IN4O2. The SMILES string of the molecule is CN=C(NCC(C)Oc1ccc(OC)cc1)NC1CCN(CC(C)C)CC1.I. The van der Waals surface area contributed by atoms with E-state index in [9.17, 15) is 0 Å². The zero-order valence-corrected chi connectivity index (χ0v) is 20.2. The number of nitrogens with zero attached hydrogens (tertiary/aromatic N) is 2. The number of halogens is 1. The third-order valence-corrected chi connectivity index (χ3v) is 4.73. The quantitative estimate of drug-likeness (QED) is 0.323. The fourth-order valence-electron chi connectivity index (χ4n) is 3.33. The van der Waals surface area contributed by atoms with Gasteiger partial charge < -0.3 is 25.0 Å². The molecule has 6 nitrogen and oxygen atoms in total. The Kier molecular flexibility index (Phi) is 11.6. The van der Waals surface area contributed by atoms with Gasteiger partial charge in [-0.25, -0.2) is 0 Å². The first-order chi connectivity index (χ1) is 13.0. The summed E-state index contributed by atoms with van der Waals surface area (Å²) in [5.41, 5.74) is 0. The molecule has 2 rings (SSSR count). The van der Waals surface area contributed by atoms with Crippen molar-refractivity contribution in [2.45, 2.75) is 45.8 Å². The lowest BCUT2D eigenvalue weighted by Crippen LogP contribution is -2.50. The molecule has 1 heterocycles. The zero-order chi connectivity index (χ0) is 19.6. The van der Waals surface area contributed by atoms with E-state index in [1.165, 1.54) is 6.54 Å². The first kappa shape index (κ1) is 24.8. The highest BCUT2D eigenvalue weighted by Crippen LogP contribution is 2.18. The predicted octanol–water partition coefficient (Wildman–Crippen LogP) is 3.37. The summed E-state index contributed by atoms with van der Waals surface area (Å²) in [6.07, 6.45) is 2.35. The first-order valence-electron chi connectivity index (χ1n) is 10.0. The molecule has 1 aliphatic rings. The topological polar surface area (TPSA) is 58.1 Å². The Labute approximate surface area is 187 Å². The molecule has 1 aliphatic heterocycles. The summed E-state index contributed by atoms with van der Waals surface area (Å²) in [4.78, 5) is 6.92. The lowest BCUT2D eigenvalue weighted by molar-refractivity contribution is 0.186. The molecule has 0 radical (unpaired) electrons. The van der Waals surface area contributed by atoms with Crippen molar-refractivity contribution in [3.05, 3.63) is 24.3 Å². The van der Waals surface area contributed by atoms with Crippen LogP contribution in [0.3, 0.4) is 0 Å². The number of rotatable bonds is 8. The van der Waals surface area contributed by atoms with E-state index in [0.717, 1.165) is 49.3 Å². The van der Waals surface area contributed by atoms with Gasteiger partial charge >= 0.3 is 0 Å². The fraction of sp³-hybridized carbons (Fsp3) is 0.667. The smallest absolute Gasteiger partial charge is 0.191 e. The summed E-state index contributed by atoms with van der Waals surface area (Å²) in [5, 5.41) is 6.93. The maximum atomic E-state index is 5.94. The largest absolute Gasteiger partial charge is 0.497 e. The molecule has 0 amide bonds. The zero-order valence-electron chi connectivity index (χ0n) is 17.9. The van der Waals surface area contributed by atoms with Crippen LogP contribution in [-0.4, -0.2) is 63.3 Å². The highest BCUT2D eigenvalue weighted by atomic mass is 127. The molecule has 1 aromatic rings. The Morgan fingerprint density at radius 2 is 1.75 bits per heavy atom. The minimum absolute atomic E-state index is 0. The average Bonchev–Trinajstić information content (AvgIpc) is 2.66. The number of likely N-dealkylation sites (tertiary alicyclic amines) is 1. The molecule has 1 unspecified atom stereocenters. The second kappa shape index (κ2) is 13.1. The lowest BCUT2D eigenvalue weighted by Gasteiger charge is -2.34. The number of ether oxygens (including phenoxy) is 2. The van der Waals surface area contributed by atoms with Gasteiger partial charge in [0.05, 0.1) is 13.7 Å². The summed E-state index contributed by atoms with van der Waals surface area (Å²) < 4.78 is 11.1. The van der Waals surface area contributed by atoms with Crippen molar-refractivity contribution >= 4 is 29.9 Å². The van der Waals surface area contributed by atoms with Crippen LogP contribution in [0.1, 0.15) is 33.6 Å². The van der Waals surface area contributed by atoms with Crippen molar-refractivity contribution in [3.8, 4) is 11.5 Å². The molecule has 0 aliphatic carbocycles. The normalized spacial score (nSPS) is 17.0. The highest BCUT2D eigenvalue weighted by molar-refractivity contribution is 14.0. The highest BCUT2D eigenvalue weighted by Gasteiger charge is 2.20. The van der Waals surface area contributed by atoms with Gasteiger partial charge in [0.15, 0.2) is 5.96 Å². The molecule has 2 N–H and O–H groups in total. The van der Waals surface area contributed by atoms with Gasteiger partial charge in [0.2, 0.25) is 0 Å². The van der Waals surface area contributed by atoms with Gasteiger partial charge in [-0.1, -0.05) is 13.8 Å². The first-order valence-corrected chi connectivity index (χ1v) is 10.0. The number of guanidine groups is 1. The van der Waals surface area contributed by atoms with Crippen molar-refractivity contribution in [1.29, 1.82) is 0 Å². The standard InChI is InChI=1S/C21H36N4O2.HI/c1-16(2)15-25-12-10-18(11-13-25)24-21(22-4)23-14-17(3)27-20-8-6-19(26-5)7-9-20;/h6-9,16-18H,10-15H2,1-5H3,(H2,22,23,24);1H. The molecule has 28 heavy (non-hydrogen) atoms. The third-order valence-electron chi connectivity index (χ3n) is 4.73. The Hall–Kier alpha value is -1.22. The van der Waals surface area contributed by atoms with Gasteiger partial charge in [-0.2, -0.15) is 0 Å². The van der Waals surface area contributed by atoms with Gasteiger partial charge in [-0.15, -0.1) is 24.0 Å². The second-order valence-electron chi connectivity index (χ2n) is 7.67. The van der Waals surface area contributed by atoms with Crippen molar-refractivity contribution < 1.29 is 9.47 Å². The van der Waals surface area contributed by atoms with Gasteiger partial charge in [-0.3, -0.25) is 4.99 Å². The van der Waals surface area contributed by atoms with Gasteiger partial charge in [0.25, 0.3) is 0 Å². The summed E-state index contributed by atoms with van der Waals surface area (Å²) >= 11 is 0. The molecule has 1 aromatic carbocycles. The molecule has 1 fully saturated rings. The van der Waals surface area contributed by atoms with E-state index in [-0.39, 0.29) is 30.1 Å². The van der Waals surface area contributed by atoms with Crippen LogP contribution in [0.15, 0.2) is 29.3 Å². The van der Waals surface area contributed by atoms with Crippen LogP contribution < -0.4 is 20.1 Å². The molecule has 7 heteroatoms. The van der Waals surface area contributed by atoms with Gasteiger partial charge in [0, 0.05) is 32.7 Å². The van der Waals surface area contributed by atoms with E-state index in [2.05, 4.69) is 41.3 Å². The fourth-order valence-corrected chi connectivity index (χ4v) is 3.33. The summed E-state index contributed by atoms with van der Waals surface area (Å²) in [5.74, 6) is 3.25. The minimum Gasteiger partial charge on any atom is -0.497 e. The maximum absolute atomic E-state index is 5.94. The number of hydrogen-bond donors (Lipinski definition) is 2. The van der Waals surface area contributed by atoms with E-state index in [4.69, 9.17) is 9.47 Å². The van der Waals surface area contributed by atoms with E-state index in [0.29, 0.717) is 12.6 Å². The van der Waals surface area contributed by atoms with Gasteiger partial charge in [-0.05, 0) is 49.9 Å². The van der Waals surface area contributed by atoms with Crippen LogP contribution >= 0.6 is 24.0 Å². The lowest BCUT2D eigenvalue weighted by atomic mass is 10.0. The number of piperidine rings is 1. The maximum Gasteiger partial charge on any atom is 0.191 e. The molecular weight excluding hydrogens is 467 g/mol. The molecule has 1 saturated heterocycles. The Morgan fingerprint density at radius 3 is 2.29 bits per heavy atom. The van der Waals surface area contributed by atoms with Crippen LogP contribution in [0.25, 0.3) is 0 Å². The Bertz CT molecular complexity index is 572. The minimum atomic E-state index is 0. The Morgan fingerprint density at radius 1 is 1.14 bits per heavy atom. The van der Waals surface area contributed by atoms with E-state index < -0.39 is 0 Å². The van der Waals surface area contributed by atoms with Gasteiger partial charge in [0.1, 0.15) is 17.6 Å². The number of hydrogen-bond acceptors (Lipinski definition) is 4. The van der Waals surface area contributed by atoms with E-state index >= 15 is 0 Å². The van der Waals surface area contributed by atoms with Crippen LogP contribution in [0.2, 0.25) is 0 Å². The van der Waals surface area contributed by atoms with Crippen molar-refractivity contribution in [2.24, 2.45) is 10.9 Å². The van der Waals surface area contributed by atoms with Crippen molar-refractivity contribution in [2.75, 3.05) is 40.3 Å². The van der Waals surface area contributed by atoms with Crippen LogP contribution in [-0.2, 0) is 0 Å². The van der Waals surface area contributed by atoms with Crippen molar-refractivity contribution in [3.63, 3.8) is 0 Å². The molecule has 0 saturated carbocycles. The van der Waals surface area contributed by atoms with E-state index in [1.54, 1.807) is 7.11 Å². The Balaban J connectivity index is 0.00000392. The third kappa shape index (κ3) is 8.86. The summed E-state index contributed by atoms with van der Waals surface area (Å²) in [6.45, 7) is 10.8. The predicted molar refractivity (Wildman–Crippen MR) is 127 cm³/mol. The van der Waals surface area contributed by atoms with Crippen LogP contribution in [0.5, 0.6) is 11.5 Å². The molecule has 1 atom stereocenters. The molecule has 0 aromatic heterocycles. The number of methoxy groups -OCH3 is 1. The van der Waals surface area contributed by atoms with Crippen LogP contribution in [0, 0.1) is 5.92 Å². The number of nitrogens with one attached hydrogen (secondary N) is 2. The van der Waals surface area contributed by atoms with Crippen molar-refractivity contribution in [1.82, 2.24) is 15.5 Å². The number of benzene rings is 1. The molecule has 0 bridgehead atoms. The summed E-state index contributed by atoms with van der Waals surface area (Å²) in [7, 11) is 3.48. The molecule has 160 valence electrons. The van der Waals surface area contributed by atoms with E-state index in [1.807, 2.05) is 31.3 Å². The monoisotopic (exact) mass is 504 g/mol. The molecule has 0 spiro atoms. The second-order valence-corrected chi connectivity index (χ2v) is 7.67.